The number of furan rings is 1. The third-order valence-corrected chi connectivity index (χ3v) is 4.30. The number of benzene rings is 2. The zero-order valence-corrected chi connectivity index (χ0v) is 13.9. The van der Waals surface area contributed by atoms with E-state index in [9.17, 15) is 13.2 Å². The van der Waals surface area contributed by atoms with E-state index in [2.05, 4.69) is 0 Å². The zero-order chi connectivity index (χ0) is 17.2. The molecule has 3 aromatic rings. The molecule has 3 rings (SSSR count). The highest BCUT2D eigenvalue weighted by Crippen LogP contribution is 2.19. The number of ether oxygens (including phenoxy) is 1. The van der Waals surface area contributed by atoms with Crippen LogP contribution in [-0.4, -0.2) is 20.6 Å². The van der Waals surface area contributed by atoms with Crippen molar-refractivity contribution in [2.75, 3.05) is 6.26 Å². The van der Waals surface area contributed by atoms with Crippen LogP contribution in [0, 0.1) is 0 Å². The van der Waals surface area contributed by atoms with Gasteiger partial charge in [-0.15, -0.1) is 0 Å². The summed E-state index contributed by atoms with van der Waals surface area (Å²) >= 11 is 0. The number of carbonyl (C=O) groups excluding carboxylic acids is 1. The summed E-state index contributed by atoms with van der Waals surface area (Å²) in [7, 11) is -3.10. The molecule has 0 aliphatic rings. The molecule has 5 nitrogen and oxygen atoms in total. The van der Waals surface area contributed by atoms with E-state index in [0.717, 1.165) is 11.0 Å². The van der Waals surface area contributed by atoms with Gasteiger partial charge in [-0.25, -0.2) is 13.2 Å². The van der Waals surface area contributed by atoms with Crippen molar-refractivity contribution in [3.05, 3.63) is 71.5 Å². The van der Waals surface area contributed by atoms with Crippen LogP contribution < -0.4 is 0 Å². The lowest BCUT2D eigenvalue weighted by Crippen LogP contribution is -2.06. The SMILES string of the molecule is CS(=O)(=O)Cc1ccc(C(=O)OCc2cc3ccccc3o2)cc1. The Morgan fingerprint density at radius 1 is 1.08 bits per heavy atom. The molecule has 2 aromatic carbocycles. The summed E-state index contributed by atoms with van der Waals surface area (Å²) in [6.07, 6.45) is 1.17. The fourth-order valence-corrected chi connectivity index (χ4v) is 3.17. The van der Waals surface area contributed by atoms with Gasteiger partial charge in [0.15, 0.2) is 9.84 Å². The van der Waals surface area contributed by atoms with Gasteiger partial charge in [0.05, 0.1) is 11.3 Å². The van der Waals surface area contributed by atoms with Crippen molar-refractivity contribution in [1.82, 2.24) is 0 Å². The monoisotopic (exact) mass is 344 g/mol. The molecule has 0 aliphatic heterocycles. The minimum absolute atomic E-state index is 0.0403. The number of sulfone groups is 1. The van der Waals surface area contributed by atoms with E-state index >= 15 is 0 Å². The molecule has 0 bridgehead atoms. The molecule has 0 aliphatic carbocycles. The summed E-state index contributed by atoms with van der Waals surface area (Å²) in [5.41, 5.74) is 1.74. The van der Waals surface area contributed by atoms with E-state index in [1.54, 1.807) is 24.3 Å². The Kier molecular flexibility index (Phi) is 4.40. The quantitative estimate of drug-likeness (QED) is 0.664. The van der Waals surface area contributed by atoms with Gasteiger partial charge in [0, 0.05) is 11.6 Å². The maximum Gasteiger partial charge on any atom is 0.338 e. The molecule has 0 unspecified atom stereocenters. The predicted octanol–water partition coefficient (Wildman–Crippen LogP) is 3.33. The van der Waals surface area contributed by atoms with E-state index < -0.39 is 15.8 Å². The Hall–Kier alpha value is -2.60. The molecule has 0 saturated heterocycles. The first kappa shape index (κ1) is 16.3. The Labute approximate surface area is 139 Å². The molecule has 6 heteroatoms. The summed E-state index contributed by atoms with van der Waals surface area (Å²) in [5.74, 6) is 0.0287. The van der Waals surface area contributed by atoms with Crippen molar-refractivity contribution in [2.45, 2.75) is 12.4 Å². The van der Waals surface area contributed by atoms with Gasteiger partial charge in [0.25, 0.3) is 0 Å². The standard InChI is InChI=1S/C18H16O5S/c1-24(20,21)12-13-6-8-14(9-7-13)18(19)22-11-16-10-15-4-2-3-5-17(15)23-16/h2-10H,11-12H2,1H3. The van der Waals surface area contributed by atoms with Gasteiger partial charge < -0.3 is 9.15 Å². The van der Waals surface area contributed by atoms with Crippen molar-refractivity contribution >= 4 is 26.8 Å². The highest BCUT2D eigenvalue weighted by molar-refractivity contribution is 7.89. The van der Waals surface area contributed by atoms with Gasteiger partial charge in [-0.05, 0) is 29.8 Å². The Morgan fingerprint density at radius 3 is 2.46 bits per heavy atom. The normalized spacial score (nSPS) is 11.5. The van der Waals surface area contributed by atoms with E-state index in [0.29, 0.717) is 16.9 Å². The summed E-state index contributed by atoms with van der Waals surface area (Å²) < 4.78 is 33.3. The summed E-state index contributed by atoms with van der Waals surface area (Å²) in [6, 6.07) is 15.7. The van der Waals surface area contributed by atoms with Crippen LogP contribution in [0.25, 0.3) is 11.0 Å². The smallest absolute Gasteiger partial charge is 0.338 e. The zero-order valence-electron chi connectivity index (χ0n) is 13.1. The first-order chi connectivity index (χ1) is 11.4. The summed E-state index contributed by atoms with van der Waals surface area (Å²) in [5, 5.41) is 0.952. The molecule has 0 atom stereocenters. The van der Waals surface area contributed by atoms with Gasteiger partial charge in [-0.2, -0.15) is 0 Å². The molecule has 0 amide bonds. The van der Waals surface area contributed by atoms with Crippen molar-refractivity contribution in [1.29, 1.82) is 0 Å². The maximum absolute atomic E-state index is 12.0. The minimum atomic E-state index is -3.10. The average Bonchev–Trinajstić information content (AvgIpc) is 2.94. The summed E-state index contributed by atoms with van der Waals surface area (Å²) in [6.45, 7) is 0.0403. The van der Waals surface area contributed by atoms with Crippen LogP contribution in [0.3, 0.4) is 0 Å². The molecule has 0 N–H and O–H groups in total. The lowest BCUT2D eigenvalue weighted by molar-refractivity contribution is 0.0447. The largest absolute Gasteiger partial charge is 0.457 e. The molecule has 0 radical (unpaired) electrons. The third-order valence-electron chi connectivity index (χ3n) is 3.44. The van der Waals surface area contributed by atoms with Crippen LogP contribution in [0.1, 0.15) is 21.7 Å². The molecule has 0 saturated carbocycles. The lowest BCUT2D eigenvalue weighted by atomic mass is 10.1. The van der Waals surface area contributed by atoms with Crippen LogP contribution >= 0.6 is 0 Å². The first-order valence-corrected chi connectivity index (χ1v) is 9.38. The molecular formula is C18H16O5S. The highest BCUT2D eigenvalue weighted by atomic mass is 32.2. The minimum Gasteiger partial charge on any atom is -0.457 e. The van der Waals surface area contributed by atoms with Crippen LogP contribution in [0.4, 0.5) is 0 Å². The lowest BCUT2D eigenvalue weighted by Gasteiger charge is -2.04. The van der Waals surface area contributed by atoms with Crippen molar-refractivity contribution in [3.63, 3.8) is 0 Å². The molecule has 24 heavy (non-hydrogen) atoms. The van der Waals surface area contributed by atoms with Crippen LogP contribution in [0.15, 0.2) is 59.0 Å². The van der Waals surface area contributed by atoms with Crippen LogP contribution in [-0.2, 0) is 26.9 Å². The molecule has 124 valence electrons. The van der Waals surface area contributed by atoms with E-state index in [1.165, 1.54) is 6.26 Å². The van der Waals surface area contributed by atoms with Gasteiger partial charge >= 0.3 is 5.97 Å². The number of para-hydroxylation sites is 1. The van der Waals surface area contributed by atoms with Crippen molar-refractivity contribution in [2.24, 2.45) is 0 Å². The van der Waals surface area contributed by atoms with Crippen LogP contribution in [0.5, 0.6) is 0 Å². The number of hydrogen-bond acceptors (Lipinski definition) is 5. The molecule has 0 spiro atoms. The number of carbonyl (C=O) groups is 1. The van der Waals surface area contributed by atoms with E-state index in [4.69, 9.17) is 9.15 Å². The fourth-order valence-electron chi connectivity index (χ4n) is 2.37. The summed E-state index contributed by atoms with van der Waals surface area (Å²) in [4.78, 5) is 12.0. The molecule has 0 fully saturated rings. The Balaban J connectivity index is 1.64. The van der Waals surface area contributed by atoms with Crippen molar-refractivity contribution in [3.8, 4) is 0 Å². The fraction of sp³-hybridized carbons (Fsp3) is 0.167. The van der Waals surface area contributed by atoms with Crippen LogP contribution in [0.2, 0.25) is 0 Å². The predicted molar refractivity (Wildman–Crippen MR) is 90.3 cm³/mol. The van der Waals surface area contributed by atoms with E-state index in [1.807, 2.05) is 30.3 Å². The number of fused-ring (bicyclic) bond motifs is 1. The van der Waals surface area contributed by atoms with Crippen molar-refractivity contribution < 1.29 is 22.4 Å². The first-order valence-electron chi connectivity index (χ1n) is 7.32. The average molecular weight is 344 g/mol. The number of esters is 1. The van der Waals surface area contributed by atoms with E-state index in [-0.39, 0.29) is 12.4 Å². The maximum atomic E-state index is 12.0. The van der Waals surface area contributed by atoms with Gasteiger partial charge in [0.2, 0.25) is 0 Å². The number of rotatable bonds is 5. The molecule has 1 aromatic heterocycles. The Bertz CT molecular complexity index is 935. The second-order valence-corrected chi connectivity index (χ2v) is 7.73. The van der Waals surface area contributed by atoms with Gasteiger partial charge in [-0.3, -0.25) is 0 Å². The van der Waals surface area contributed by atoms with Gasteiger partial charge in [0.1, 0.15) is 18.0 Å². The third kappa shape index (κ3) is 4.02. The molecule has 1 heterocycles. The Morgan fingerprint density at radius 2 is 1.79 bits per heavy atom. The second kappa shape index (κ2) is 6.49. The topological polar surface area (TPSA) is 73.6 Å². The highest BCUT2D eigenvalue weighted by Gasteiger charge is 2.11. The molecular weight excluding hydrogens is 328 g/mol. The second-order valence-electron chi connectivity index (χ2n) is 5.59. The van der Waals surface area contributed by atoms with Gasteiger partial charge in [-0.1, -0.05) is 30.3 Å². The number of hydrogen-bond donors (Lipinski definition) is 0.